The van der Waals surface area contributed by atoms with Crippen LogP contribution in [-0.2, 0) is 0 Å². The summed E-state index contributed by atoms with van der Waals surface area (Å²) in [7, 11) is 0. The summed E-state index contributed by atoms with van der Waals surface area (Å²) in [5, 5.41) is 10.9. The lowest BCUT2D eigenvalue weighted by molar-refractivity contribution is 0.568. The van der Waals surface area contributed by atoms with Gasteiger partial charge >= 0.3 is 0 Å². The molecule has 0 atom stereocenters. The maximum absolute atomic E-state index is 5.12. The van der Waals surface area contributed by atoms with Crippen molar-refractivity contribution in [3.63, 3.8) is 0 Å². The normalized spacial score (nSPS) is 15.0. The molecule has 0 bridgehead atoms. The smallest absolute Gasteiger partial charge is 0.247 e. The summed E-state index contributed by atoms with van der Waals surface area (Å²) < 4.78 is 5.12. The van der Waals surface area contributed by atoms with E-state index in [1.807, 2.05) is 24.3 Å². The summed E-state index contributed by atoms with van der Waals surface area (Å²) in [6.07, 6.45) is 4.08. The van der Waals surface area contributed by atoms with E-state index in [1.165, 1.54) is 19.2 Å². The summed E-state index contributed by atoms with van der Waals surface area (Å²) in [6.45, 7) is 1.08. The van der Waals surface area contributed by atoms with E-state index in [9.17, 15) is 0 Å². The summed E-state index contributed by atoms with van der Waals surface area (Å²) in [4.78, 5) is 0. The molecule has 0 unspecified atom stereocenters. The van der Waals surface area contributed by atoms with Crippen LogP contribution in [0, 0.1) is 5.92 Å². The van der Waals surface area contributed by atoms with Gasteiger partial charge in [0, 0.05) is 17.8 Å². The van der Waals surface area contributed by atoms with Crippen LogP contribution in [0.5, 0.6) is 0 Å². The highest BCUT2D eigenvalue weighted by Gasteiger charge is 2.20. The maximum Gasteiger partial charge on any atom is 0.247 e. The lowest BCUT2D eigenvalue weighted by Gasteiger charge is -2.05. The van der Waals surface area contributed by atoms with Gasteiger partial charge in [-0.15, -0.1) is 10.2 Å². The minimum Gasteiger partial charge on any atom is -0.423 e. The summed E-state index contributed by atoms with van der Waals surface area (Å²) in [5.74, 6) is 1.45. The third-order valence-electron chi connectivity index (χ3n) is 2.78. The number of nitrogens with zero attached hydrogens (tertiary/aromatic N) is 2. The lowest BCUT2D eigenvalue weighted by Crippen LogP contribution is -2.02. The van der Waals surface area contributed by atoms with Gasteiger partial charge in [-0.3, -0.25) is 0 Å². The Morgan fingerprint density at radius 2 is 2.06 bits per heavy atom. The average molecular weight is 215 g/mol. The monoisotopic (exact) mass is 215 g/mol. The molecule has 16 heavy (non-hydrogen) atoms. The van der Waals surface area contributed by atoms with Crippen molar-refractivity contribution in [3.05, 3.63) is 30.7 Å². The van der Waals surface area contributed by atoms with Crippen LogP contribution in [0.1, 0.15) is 12.8 Å². The van der Waals surface area contributed by atoms with E-state index in [2.05, 4.69) is 15.5 Å². The number of aromatic nitrogens is 2. The predicted molar refractivity (Wildman–Crippen MR) is 60.9 cm³/mol. The molecule has 3 rings (SSSR count). The van der Waals surface area contributed by atoms with Gasteiger partial charge in [0.1, 0.15) is 0 Å². The van der Waals surface area contributed by atoms with Gasteiger partial charge in [0.15, 0.2) is 0 Å². The number of hydrogen-bond donors (Lipinski definition) is 1. The molecule has 1 aliphatic rings. The van der Waals surface area contributed by atoms with Crippen molar-refractivity contribution in [1.82, 2.24) is 10.2 Å². The molecule has 1 fully saturated rings. The van der Waals surface area contributed by atoms with Crippen LogP contribution in [0.2, 0.25) is 0 Å². The molecule has 0 spiro atoms. The molecule has 1 aliphatic carbocycles. The number of anilines is 1. The van der Waals surface area contributed by atoms with Crippen molar-refractivity contribution < 1.29 is 4.42 Å². The zero-order valence-corrected chi connectivity index (χ0v) is 8.89. The fourth-order valence-corrected chi connectivity index (χ4v) is 1.61. The molecule has 1 saturated carbocycles. The standard InChI is InChI=1S/C12H13N3O/c1-2-9(1)7-13-11-5-3-10(4-6-11)12-15-14-8-16-12/h3-6,8-9,13H,1-2,7H2. The van der Waals surface area contributed by atoms with E-state index in [0.29, 0.717) is 5.89 Å². The van der Waals surface area contributed by atoms with Crippen molar-refractivity contribution in [3.8, 4) is 11.5 Å². The quantitative estimate of drug-likeness (QED) is 0.851. The Kier molecular flexibility index (Phi) is 2.33. The first-order chi connectivity index (χ1) is 7.92. The molecular weight excluding hydrogens is 202 g/mol. The largest absolute Gasteiger partial charge is 0.423 e. The van der Waals surface area contributed by atoms with Crippen LogP contribution in [0.3, 0.4) is 0 Å². The second kappa shape index (κ2) is 3.96. The summed E-state index contributed by atoms with van der Waals surface area (Å²) in [6, 6.07) is 8.06. The van der Waals surface area contributed by atoms with Crippen molar-refractivity contribution in [2.45, 2.75) is 12.8 Å². The Morgan fingerprint density at radius 3 is 2.69 bits per heavy atom. The van der Waals surface area contributed by atoms with Gasteiger partial charge in [-0.1, -0.05) is 0 Å². The Bertz CT molecular complexity index is 446. The fraction of sp³-hybridized carbons (Fsp3) is 0.333. The minimum atomic E-state index is 0.564. The van der Waals surface area contributed by atoms with Crippen molar-refractivity contribution in [1.29, 1.82) is 0 Å². The number of benzene rings is 1. The van der Waals surface area contributed by atoms with E-state index in [4.69, 9.17) is 4.42 Å². The van der Waals surface area contributed by atoms with E-state index >= 15 is 0 Å². The molecule has 2 aromatic rings. The van der Waals surface area contributed by atoms with E-state index in [1.54, 1.807) is 0 Å². The minimum absolute atomic E-state index is 0.564. The maximum atomic E-state index is 5.12. The predicted octanol–water partition coefficient (Wildman–Crippen LogP) is 2.56. The fourth-order valence-electron chi connectivity index (χ4n) is 1.61. The van der Waals surface area contributed by atoms with Gasteiger partial charge in [-0.25, -0.2) is 0 Å². The second-order valence-corrected chi connectivity index (χ2v) is 4.15. The molecule has 1 heterocycles. The molecular formula is C12H13N3O. The van der Waals surface area contributed by atoms with Crippen LogP contribution in [0.25, 0.3) is 11.5 Å². The molecule has 0 radical (unpaired) electrons. The Labute approximate surface area is 93.7 Å². The van der Waals surface area contributed by atoms with Gasteiger partial charge in [-0.2, -0.15) is 0 Å². The Balaban J connectivity index is 1.69. The van der Waals surface area contributed by atoms with Gasteiger partial charge in [0.05, 0.1) is 0 Å². The topological polar surface area (TPSA) is 51.0 Å². The van der Waals surface area contributed by atoms with Gasteiger partial charge in [-0.05, 0) is 43.0 Å². The van der Waals surface area contributed by atoms with Gasteiger partial charge in [0.25, 0.3) is 0 Å². The summed E-state index contributed by atoms with van der Waals surface area (Å²) >= 11 is 0. The Morgan fingerprint density at radius 1 is 1.25 bits per heavy atom. The number of hydrogen-bond acceptors (Lipinski definition) is 4. The van der Waals surface area contributed by atoms with Crippen molar-refractivity contribution in [2.75, 3.05) is 11.9 Å². The molecule has 0 saturated heterocycles. The molecule has 1 aromatic heterocycles. The van der Waals surface area contributed by atoms with E-state index < -0.39 is 0 Å². The Hall–Kier alpha value is -1.84. The van der Waals surface area contributed by atoms with Gasteiger partial charge < -0.3 is 9.73 Å². The van der Waals surface area contributed by atoms with Crippen LogP contribution >= 0.6 is 0 Å². The SMILES string of the molecule is c1nnc(-c2ccc(NCC3CC3)cc2)o1. The molecule has 1 aromatic carbocycles. The first-order valence-electron chi connectivity index (χ1n) is 5.52. The molecule has 4 heteroatoms. The molecule has 0 amide bonds. The molecule has 82 valence electrons. The highest BCUT2D eigenvalue weighted by molar-refractivity contribution is 5.58. The zero-order valence-electron chi connectivity index (χ0n) is 8.89. The van der Waals surface area contributed by atoms with Crippen LogP contribution < -0.4 is 5.32 Å². The lowest BCUT2D eigenvalue weighted by atomic mass is 10.2. The third kappa shape index (κ3) is 2.05. The van der Waals surface area contributed by atoms with Crippen LogP contribution in [-0.4, -0.2) is 16.7 Å². The van der Waals surface area contributed by atoms with Gasteiger partial charge in [0.2, 0.25) is 12.3 Å². The second-order valence-electron chi connectivity index (χ2n) is 4.15. The number of rotatable bonds is 4. The van der Waals surface area contributed by atoms with E-state index in [0.717, 1.165) is 23.7 Å². The summed E-state index contributed by atoms with van der Waals surface area (Å²) in [5.41, 5.74) is 2.10. The molecule has 4 nitrogen and oxygen atoms in total. The zero-order chi connectivity index (χ0) is 10.8. The average Bonchev–Trinajstić information content (AvgIpc) is 3.00. The molecule has 0 aliphatic heterocycles. The van der Waals surface area contributed by atoms with Crippen molar-refractivity contribution >= 4 is 5.69 Å². The van der Waals surface area contributed by atoms with Crippen molar-refractivity contribution in [2.24, 2.45) is 5.92 Å². The van der Waals surface area contributed by atoms with Crippen LogP contribution in [0.15, 0.2) is 35.1 Å². The third-order valence-corrected chi connectivity index (χ3v) is 2.78. The van der Waals surface area contributed by atoms with Crippen LogP contribution in [0.4, 0.5) is 5.69 Å². The highest BCUT2D eigenvalue weighted by Crippen LogP contribution is 2.29. The highest BCUT2D eigenvalue weighted by atomic mass is 16.4. The molecule has 1 N–H and O–H groups in total. The van der Waals surface area contributed by atoms with E-state index in [-0.39, 0.29) is 0 Å². The number of nitrogens with one attached hydrogen (secondary N) is 1. The first-order valence-corrected chi connectivity index (χ1v) is 5.52. The first kappa shape index (κ1) is 9.39.